The van der Waals surface area contributed by atoms with Crippen LogP contribution in [-0.4, -0.2) is 4.98 Å². The van der Waals surface area contributed by atoms with Crippen LogP contribution in [0.1, 0.15) is 33.4 Å². The summed E-state index contributed by atoms with van der Waals surface area (Å²) < 4.78 is 38.8. The molecule has 4 nitrogen and oxygen atoms in total. The maximum atomic E-state index is 12.9. The van der Waals surface area contributed by atoms with Crippen LogP contribution in [0.15, 0.2) is 46.3 Å². The number of nitrogens with zero attached hydrogens (tertiary/aromatic N) is 3. The summed E-state index contributed by atoms with van der Waals surface area (Å²) in [6, 6.07) is 12.3. The SMILES string of the molecule is Cc1cc(C)c(Sc2nc(N)c(C#N)c(-c3ccc(C(F)(F)F)cc3)c2C#N)c(C)c1. The molecule has 0 fully saturated rings. The molecule has 31 heavy (non-hydrogen) atoms. The minimum absolute atomic E-state index is 0.0435. The zero-order valence-electron chi connectivity index (χ0n) is 16.9. The Balaban J connectivity index is 2.22. The predicted molar refractivity (Wildman–Crippen MR) is 113 cm³/mol. The van der Waals surface area contributed by atoms with E-state index < -0.39 is 11.7 Å². The van der Waals surface area contributed by atoms with E-state index >= 15 is 0 Å². The van der Waals surface area contributed by atoms with Crippen molar-refractivity contribution in [1.29, 1.82) is 10.5 Å². The zero-order chi connectivity index (χ0) is 22.9. The molecule has 0 aliphatic heterocycles. The molecule has 2 aromatic carbocycles. The Morgan fingerprint density at radius 3 is 1.97 bits per heavy atom. The fourth-order valence-corrected chi connectivity index (χ4v) is 4.44. The van der Waals surface area contributed by atoms with E-state index in [9.17, 15) is 23.7 Å². The summed E-state index contributed by atoms with van der Waals surface area (Å²) in [6.07, 6.45) is -4.49. The maximum Gasteiger partial charge on any atom is 0.416 e. The van der Waals surface area contributed by atoms with Gasteiger partial charge in [0.15, 0.2) is 0 Å². The van der Waals surface area contributed by atoms with E-state index in [0.717, 1.165) is 33.7 Å². The molecule has 0 aliphatic carbocycles. The summed E-state index contributed by atoms with van der Waals surface area (Å²) in [5, 5.41) is 19.8. The van der Waals surface area contributed by atoms with Gasteiger partial charge in [0.1, 0.15) is 28.5 Å². The molecule has 1 heterocycles. The summed E-state index contributed by atoms with van der Waals surface area (Å²) >= 11 is 1.25. The van der Waals surface area contributed by atoms with Crippen LogP contribution in [0.25, 0.3) is 11.1 Å². The predicted octanol–water partition coefficient (Wildman–Crippen LogP) is 6.17. The first-order chi connectivity index (χ1) is 14.6. The fraction of sp³-hybridized carbons (Fsp3) is 0.174. The summed E-state index contributed by atoms with van der Waals surface area (Å²) in [7, 11) is 0. The van der Waals surface area contributed by atoms with Crippen molar-refractivity contribution in [2.24, 2.45) is 0 Å². The van der Waals surface area contributed by atoms with E-state index in [1.807, 2.05) is 39.0 Å². The van der Waals surface area contributed by atoms with Crippen molar-refractivity contribution in [2.75, 3.05) is 5.73 Å². The molecule has 0 saturated heterocycles. The lowest BCUT2D eigenvalue weighted by molar-refractivity contribution is -0.137. The molecule has 3 aromatic rings. The molecule has 0 atom stereocenters. The van der Waals surface area contributed by atoms with Crippen LogP contribution < -0.4 is 5.73 Å². The number of pyridine rings is 1. The monoisotopic (exact) mass is 438 g/mol. The van der Waals surface area contributed by atoms with E-state index in [0.29, 0.717) is 5.03 Å². The molecule has 1 aromatic heterocycles. The third-order valence-corrected chi connectivity index (χ3v) is 6.06. The molecule has 0 bridgehead atoms. The molecule has 156 valence electrons. The van der Waals surface area contributed by atoms with Gasteiger partial charge < -0.3 is 5.73 Å². The minimum atomic E-state index is -4.49. The molecular formula is C23H17F3N4S. The standard InChI is InChI=1S/C23H17F3N4S/c1-12-8-13(2)20(14(3)9-12)31-22-18(11-28)19(17(10-27)21(29)30-22)15-4-6-16(7-5-15)23(24,25)26/h4-9H,1-3H3,(H2,29,30). The van der Waals surface area contributed by atoms with Crippen LogP contribution >= 0.6 is 11.8 Å². The van der Waals surface area contributed by atoms with Gasteiger partial charge in [-0.2, -0.15) is 23.7 Å². The van der Waals surface area contributed by atoms with E-state index in [2.05, 4.69) is 11.1 Å². The first kappa shape index (κ1) is 22.2. The Kier molecular flexibility index (Phi) is 5.97. The van der Waals surface area contributed by atoms with Crippen molar-refractivity contribution < 1.29 is 13.2 Å². The molecule has 0 amide bonds. The molecule has 0 spiro atoms. The van der Waals surface area contributed by atoms with Gasteiger partial charge in [-0.3, -0.25) is 0 Å². The number of nitriles is 2. The smallest absolute Gasteiger partial charge is 0.383 e. The lowest BCUT2D eigenvalue weighted by Crippen LogP contribution is -2.06. The van der Waals surface area contributed by atoms with E-state index in [1.54, 1.807) is 0 Å². The average Bonchev–Trinajstić information content (AvgIpc) is 2.69. The van der Waals surface area contributed by atoms with Crippen molar-refractivity contribution in [1.82, 2.24) is 4.98 Å². The summed E-state index contributed by atoms with van der Waals surface area (Å²) in [6.45, 7) is 5.87. The molecule has 0 aliphatic rings. The molecule has 0 radical (unpaired) electrons. The lowest BCUT2D eigenvalue weighted by atomic mass is 9.96. The summed E-state index contributed by atoms with van der Waals surface area (Å²) in [5.41, 5.74) is 8.78. The molecular weight excluding hydrogens is 421 g/mol. The second kappa shape index (κ2) is 8.33. The van der Waals surface area contributed by atoms with Gasteiger partial charge >= 0.3 is 6.18 Å². The Hall–Kier alpha value is -3.49. The van der Waals surface area contributed by atoms with Gasteiger partial charge in [-0.05, 0) is 49.6 Å². The first-order valence-electron chi connectivity index (χ1n) is 9.13. The lowest BCUT2D eigenvalue weighted by Gasteiger charge is -2.16. The van der Waals surface area contributed by atoms with E-state index in [4.69, 9.17) is 5.73 Å². The topological polar surface area (TPSA) is 86.5 Å². The number of benzene rings is 2. The van der Waals surface area contributed by atoms with Crippen molar-refractivity contribution in [3.8, 4) is 23.3 Å². The zero-order valence-corrected chi connectivity index (χ0v) is 17.7. The number of halogens is 3. The Morgan fingerprint density at radius 2 is 1.48 bits per heavy atom. The fourth-order valence-electron chi connectivity index (χ4n) is 3.41. The quantitative estimate of drug-likeness (QED) is 0.528. The Bertz CT molecular complexity index is 1230. The Morgan fingerprint density at radius 1 is 0.935 bits per heavy atom. The maximum absolute atomic E-state index is 12.9. The number of aryl methyl sites for hydroxylation is 3. The van der Waals surface area contributed by atoms with Crippen LogP contribution in [0.3, 0.4) is 0 Å². The van der Waals surface area contributed by atoms with E-state index in [-0.39, 0.29) is 28.1 Å². The van der Waals surface area contributed by atoms with Crippen LogP contribution in [-0.2, 0) is 6.18 Å². The summed E-state index contributed by atoms with van der Waals surface area (Å²) in [4.78, 5) is 5.17. The molecule has 0 saturated carbocycles. The first-order valence-corrected chi connectivity index (χ1v) is 9.95. The van der Waals surface area contributed by atoms with Crippen LogP contribution in [0.2, 0.25) is 0 Å². The molecule has 0 unspecified atom stereocenters. The summed E-state index contributed by atoms with van der Waals surface area (Å²) in [5.74, 6) is -0.0821. The van der Waals surface area contributed by atoms with Crippen molar-refractivity contribution in [3.05, 3.63) is 69.8 Å². The Labute approximate surface area is 182 Å². The largest absolute Gasteiger partial charge is 0.416 e. The van der Waals surface area contributed by atoms with Gasteiger partial charge in [0, 0.05) is 10.5 Å². The highest BCUT2D eigenvalue weighted by Crippen LogP contribution is 2.41. The number of hydrogen-bond donors (Lipinski definition) is 1. The van der Waals surface area contributed by atoms with Gasteiger partial charge in [-0.25, -0.2) is 4.98 Å². The number of rotatable bonds is 3. The second-order valence-corrected chi connectivity index (χ2v) is 8.05. The third-order valence-electron chi connectivity index (χ3n) is 4.72. The van der Waals surface area contributed by atoms with Gasteiger partial charge in [-0.15, -0.1) is 0 Å². The number of anilines is 1. The minimum Gasteiger partial charge on any atom is -0.383 e. The van der Waals surface area contributed by atoms with Crippen molar-refractivity contribution >= 4 is 17.6 Å². The van der Waals surface area contributed by atoms with Crippen LogP contribution in [0.4, 0.5) is 19.0 Å². The normalized spacial score (nSPS) is 11.1. The third kappa shape index (κ3) is 4.35. The van der Waals surface area contributed by atoms with Crippen molar-refractivity contribution in [3.63, 3.8) is 0 Å². The number of nitrogen functional groups attached to an aromatic ring is 1. The van der Waals surface area contributed by atoms with Gasteiger partial charge in [0.05, 0.1) is 11.1 Å². The number of aromatic nitrogens is 1. The van der Waals surface area contributed by atoms with Crippen LogP contribution in [0, 0.1) is 43.4 Å². The van der Waals surface area contributed by atoms with Gasteiger partial charge in [0.2, 0.25) is 0 Å². The van der Waals surface area contributed by atoms with Crippen LogP contribution in [0.5, 0.6) is 0 Å². The van der Waals surface area contributed by atoms with Crippen molar-refractivity contribution in [2.45, 2.75) is 36.9 Å². The highest BCUT2D eigenvalue weighted by atomic mass is 32.2. The van der Waals surface area contributed by atoms with Gasteiger partial charge in [0.25, 0.3) is 0 Å². The second-order valence-electron chi connectivity index (χ2n) is 7.06. The highest BCUT2D eigenvalue weighted by molar-refractivity contribution is 7.99. The molecule has 2 N–H and O–H groups in total. The molecule has 3 rings (SSSR count). The van der Waals surface area contributed by atoms with Gasteiger partial charge in [-0.1, -0.05) is 41.6 Å². The molecule has 8 heteroatoms. The van der Waals surface area contributed by atoms with E-state index in [1.165, 1.54) is 23.9 Å². The number of hydrogen-bond acceptors (Lipinski definition) is 5. The average molecular weight is 438 g/mol. The number of nitrogens with two attached hydrogens (primary N) is 1. The number of alkyl halides is 3. The highest BCUT2D eigenvalue weighted by Gasteiger charge is 2.30.